The number of amides is 2. The van der Waals surface area contributed by atoms with Crippen LogP contribution in [0.2, 0.25) is 0 Å². The second kappa shape index (κ2) is 10.2. The molecular weight excluding hydrogens is 374 g/mol. The molecule has 2 amide bonds. The molecule has 0 saturated carbocycles. The number of rotatable bonds is 3. The van der Waals surface area contributed by atoms with Gasteiger partial charge in [0.1, 0.15) is 11.8 Å². The Morgan fingerprint density at radius 2 is 2.00 bits per heavy atom. The highest BCUT2D eigenvalue weighted by Crippen LogP contribution is 2.27. The molecule has 1 aromatic heterocycles. The van der Waals surface area contributed by atoms with Crippen molar-refractivity contribution in [1.29, 1.82) is 5.26 Å². The van der Waals surface area contributed by atoms with Gasteiger partial charge in [-0.25, -0.2) is 9.78 Å². The Morgan fingerprint density at radius 1 is 1.17 bits per heavy atom. The number of urea groups is 1. The lowest BCUT2D eigenvalue weighted by molar-refractivity contribution is 0.261. The van der Waals surface area contributed by atoms with E-state index in [1.807, 2.05) is 24.3 Å². The molecule has 2 heterocycles. The van der Waals surface area contributed by atoms with Gasteiger partial charge in [-0.2, -0.15) is 10.2 Å². The minimum atomic E-state index is -0.519. The smallest absolute Gasteiger partial charge is 0.325 e. The van der Waals surface area contributed by atoms with Gasteiger partial charge < -0.3 is 19.9 Å². The molecule has 0 spiro atoms. The van der Waals surface area contributed by atoms with E-state index in [0.29, 0.717) is 37.5 Å². The van der Waals surface area contributed by atoms with E-state index in [1.54, 1.807) is 0 Å². The molecule has 2 aromatic rings. The maximum atomic E-state index is 12.5. The number of ether oxygens (including phenoxy) is 2. The Hall–Kier alpha value is -3.38. The molecule has 9 heteroatoms. The lowest BCUT2D eigenvalue weighted by Gasteiger charge is -2.14. The van der Waals surface area contributed by atoms with Crippen molar-refractivity contribution in [2.24, 2.45) is 0 Å². The number of benzene rings is 1. The summed E-state index contributed by atoms with van der Waals surface area (Å²) in [4.78, 5) is 20.7. The molecule has 29 heavy (non-hydrogen) atoms. The summed E-state index contributed by atoms with van der Waals surface area (Å²) in [7, 11) is 0. The van der Waals surface area contributed by atoms with Crippen molar-refractivity contribution < 1.29 is 19.4 Å². The predicted octanol–water partition coefficient (Wildman–Crippen LogP) is 2.86. The number of aliphatic hydroxyl groups excluding tert-OH is 1. The number of carbonyl (C=O) groups is 1. The summed E-state index contributed by atoms with van der Waals surface area (Å²) >= 11 is 0. The summed E-state index contributed by atoms with van der Waals surface area (Å²) in [6.45, 7) is 0.996. The Morgan fingerprint density at radius 3 is 2.79 bits per heavy atom. The maximum Gasteiger partial charge on any atom is 0.325 e. The maximum absolute atomic E-state index is 12.5. The van der Waals surface area contributed by atoms with Crippen LogP contribution < -0.4 is 20.1 Å². The number of carbonyl (C=O) groups excluding carboxylic acids is 1. The molecule has 152 valence electrons. The summed E-state index contributed by atoms with van der Waals surface area (Å²) in [5, 5.41) is 23.6. The van der Waals surface area contributed by atoms with E-state index >= 15 is 0 Å². The number of hydrogen-bond donors (Lipinski definition) is 3. The first kappa shape index (κ1) is 20.4. The predicted molar refractivity (Wildman–Crippen MR) is 106 cm³/mol. The molecule has 0 unspecified atom stereocenters. The van der Waals surface area contributed by atoms with Gasteiger partial charge in [0.05, 0.1) is 25.1 Å². The highest BCUT2D eigenvalue weighted by molar-refractivity contribution is 6.00. The first-order valence-corrected chi connectivity index (χ1v) is 9.54. The normalized spacial score (nSPS) is 14.6. The summed E-state index contributed by atoms with van der Waals surface area (Å²) < 4.78 is 11.4. The number of aliphatic hydroxyl groups is 1. The molecule has 0 atom stereocenters. The molecule has 0 fully saturated rings. The zero-order valence-electron chi connectivity index (χ0n) is 16.0. The average molecular weight is 397 g/mol. The Bertz CT molecular complexity index is 897. The molecule has 0 radical (unpaired) electrons. The Balaban J connectivity index is 1.84. The first-order valence-electron chi connectivity index (χ1n) is 9.54. The fourth-order valence-corrected chi connectivity index (χ4v) is 2.85. The SMILES string of the molecule is N#Cc1ncc2nc1OCCCCCOc1ccc(CCCO)cc1NC(=O)N2. The van der Waals surface area contributed by atoms with Gasteiger partial charge in [-0.3, -0.25) is 5.32 Å². The highest BCUT2D eigenvalue weighted by atomic mass is 16.5. The minimum Gasteiger partial charge on any atom is -0.491 e. The van der Waals surface area contributed by atoms with Gasteiger partial charge in [0.2, 0.25) is 5.69 Å². The van der Waals surface area contributed by atoms with Crippen molar-refractivity contribution in [3.05, 3.63) is 35.7 Å². The van der Waals surface area contributed by atoms with Crippen molar-refractivity contribution in [1.82, 2.24) is 9.97 Å². The molecule has 3 rings (SSSR count). The quantitative estimate of drug-likeness (QED) is 0.726. The van der Waals surface area contributed by atoms with Crippen molar-refractivity contribution in [3.63, 3.8) is 0 Å². The van der Waals surface area contributed by atoms with Crippen molar-refractivity contribution >= 4 is 17.5 Å². The molecule has 0 aliphatic carbocycles. The number of hydrogen-bond acceptors (Lipinski definition) is 7. The van der Waals surface area contributed by atoms with Crippen LogP contribution in [0.1, 0.15) is 36.9 Å². The zero-order valence-corrected chi connectivity index (χ0v) is 16.0. The van der Waals surface area contributed by atoms with Crippen molar-refractivity contribution in [2.75, 3.05) is 30.5 Å². The van der Waals surface area contributed by atoms with Gasteiger partial charge in [0.15, 0.2) is 5.82 Å². The number of nitrogens with one attached hydrogen (secondary N) is 2. The lowest BCUT2D eigenvalue weighted by atomic mass is 10.1. The number of nitrogens with zero attached hydrogens (tertiary/aromatic N) is 3. The first-order chi connectivity index (χ1) is 14.2. The average Bonchev–Trinajstić information content (AvgIpc) is 2.72. The molecule has 1 aromatic carbocycles. The molecule has 3 N–H and O–H groups in total. The number of nitriles is 1. The number of anilines is 2. The third kappa shape index (κ3) is 5.80. The monoisotopic (exact) mass is 397 g/mol. The van der Waals surface area contributed by atoms with E-state index in [-0.39, 0.29) is 24.0 Å². The largest absolute Gasteiger partial charge is 0.491 e. The van der Waals surface area contributed by atoms with E-state index in [0.717, 1.165) is 24.8 Å². The fraction of sp³-hybridized carbons (Fsp3) is 0.400. The molecular formula is C20H23N5O4. The zero-order chi connectivity index (χ0) is 20.5. The third-order valence-corrected chi connectivity index (χ3v) is 4.29. The van der Waals surface area contributed by atoms with Crippen LogP contribution in [-0.2, 0) is 6.42 Å². The highest BCUT2D eigenvalue weighted by Gasteiger charge is 2.14. The van der Waals surface area contributed by atoms with Crippen LogP contribution in [0.15, 0.2) is 24.4 Å². The van der Waals surface area contributed by atoms with E-state index in [2.05, 4.69) is 20.6 Å². The second-order valence-corrected chi connectivity index (χ2v) is 6.52. The minimum absolute atomic E-state index is 0.0717. The molecule has 9 nitrogen and oxygen atoms in total. The molecule has 1 aliphatic rings. The summed E-state index contributed by atoms with van der Waals surface area (Å²) in [5.41, 5.74) is 1.59. The summed E-state index contributed by atoms with van der Waals surface area (Å²) in [6, 6.07) is 7.00. The van der Waals surface area contributed by atoms with Crippen molar-refractivity contribution in [2.45, 2.75) is 32.1 Å². The summed E-state index contributed by atoms with van der Waals surface area (Å²) in [6.07, 6.45) is 5.10. The van der Waals surface area contributed by atoms with Crippen LogP contribution >= 0.6 is 0 Å². The topological polar surface area (TPSA) is 129 Å². The Labute approximate surface area is 168 Å². The second-order valence-electron chi connectivity index (χ2n) is 6.52. The molecule has 2 bridgehead atoms. The van der Waals surface area contributed by atoms with Crippen LogP contribution in [0.3, 0.4) is 0 Å². The Kier molecular flexibility index (Phi) is 7.19. The van der Waals surface area contributed by atoms with Gasteiger partial charge in [0, 0.05) is 6.61 Å². The van der Waals surface area contributed by atoms with Crippen molar-refractivity contribution in [3.8, 4) is 17.7 Å². The van der Waals surface area contributed by atoms with Crippen LogP contribution in [0.5, 0.6) is 11.6 Å². The van der Waals surface area contributed by atoms with Crippen LogP contribution in [-0.4, -0.2) is 40.9 Å². The molecule has 0 saturated heterocycles. The molecule has 1 aliphatic heterocycles. The van der Waals surface area contributed by atoms with E-state index in [1.165, 1.54) is 6.20 Å². The van der Waals surface area contributed by atoms with Crippen LogP contribution in [0, 0.1) is 11.3 Å². The van der Waals surface area contributed by atoms with Crippen LogP contribution in [0.4, 0.5) is 16.3 Å². The lowest BCUT2D eigenvalue weighted by Crippen LogP contribution is -2.21. The number of aryl methyl sites for hydroxylation is 1. The van der Waals surface area contributed by atoms with Gasteiger partial charge in [-0.05, 0) is 49.8 Å². The van der Waals surface area contributed by atoms with Gasteiger partial charge in [-0.1, -0.05) is 6.07 Å². The van der Waals surface area contributed by atoms with Gasteiger partial charge in [0.25, 0.3) is 5.88 Å². The summed E-state index contributed by atoms with van der Waals surface area (Å²) in [5.74, 6) is 0.846. The standard InChI is InChI=1S/C20H23N5O4/c21-12-16-19-24-18(13-22-16)25-20(27)23-15-11-14(5-4-8-26)6-7-17(15)28-9-2-1-3-10-29-19/h6-7,11,13,26H,1-5,8-10H2,(H2,23,24,25,27). The van der Waals surface area contributed by atoms with Gasteiger partial charge in [-0.15, -0.1) is 0 Å². The fourth-order valence-electron chi connectivity index (χ4n) is 2.85. The van der Waals surface area contributed by atoms with Gasteiger partial charge >= 0.3 is 6.03 Å². The number of aromatic nitrogens is 2. The third-order valence-electron chi connectivity index (χ3n) is 4.29. The van der Waals surface area contributed by atoms with E-state index < -0.39 is 6.03 Å². The number of fused-ring (bicyclic) bond motifs is 3. The van der Waals surface area contributed by atoms with Crippen LogP contribution in [0.25, 0.3) is 0 Å². The van der Waals surface area contributed by atoms with E-state index in [9.17, 15) is 4.79 Å². The van der Waals surface area contributed by atoms with E-state index in [4.69, 9.17) is 19.8 Å².